The molecule has 2 N–H and O–H groups in total. The largest absolute Gasteiger partial charge is 0.391 e. The second-order valence-corrected chi connectivity index (χ2v) is 5.58. The zero-order valence-corrected chi connectivity index (χ0v) is 12.0. The van der Waals surface area contributed by atoms with E-state index in [2.05, 4.69) is 5.32 Å². The molecule has 0 saturated heterocycles. The van der Waals surface area contributed by atoms with Gasteiger partial charge in [0.1, 0.15) is 0 Å². The van der Waals surface area contributed by atoms with E-state index in [1.54, 1.807) is 6.92 Å². The molecule has 1 aromatic rings. The number of nitrogens with zero attached hydrogens (tertiary/aromatic N) is 1. The van der Waals surface area contributed by atoms with Gasteiger partial charge in [0.05, 0.1) is 11.0 Å². The lowest BCUT2D eigenvalue weighted by Gasteiger charge is -2.18. The van der Waals surface area contributed by atoms with Crippen molar-refractivity contribution in [2.45, 2.75) is 38.7 Å². The van der Waals surface area contributed by atoms with Crippen LogP contribution in [0.25, 0.3) is 0 Å². The van der Waals surface area contributed by atoms with Crippen LogP contribution in [0.3, 0.4) is 0 Å². The van der Waals surface area contributed by atoms with Crippen LogP contribution >= 0.6 is 0 Å². The van der Waals surface area contributed by atoms with Crippen LogP contribution in [0.4, 0.5) is 5.69 Å². The lowest BCUT2D eigenvalue weighted by molar-refractivity contribution is -0.385. The van der Waals surface area contributed by atoms with Crippen molar-refractivity contribution in [1.29, 1.82) is 0 Å². The van der Waals surface area contributed by atoms with Gasteiger partial charge in [-0.2, -0.15) is 0 Å². The maximum atomic E-state index is 12.0. The molecule has 0 heterocycles. The number of carbonyl (C=O) groups is 1. The fraction of sp³-hybridized carbons (Fsp3) is 0.533. The van der Waals surface area contributed by atoms with E-state index < -0.39 is 11.0 Å². The van der Waals surface area contributed by atoms with Gasteiger partial charge in [-0.1, -0.05) is 12.8 Å². The molecule has 114 valence electrons. The molecule has 1 amide bonds. The van der Waals surface area contributed by atoms with E-state index in [1.165, 1.54) is 18.2 Å². The highest BCUT2D eigenvalue weighted by molar-refractivity contribution is 5.94. The summed E-state index contributed by atoms with van der Waals surface area (Å²) >= 11 is 0. The number of rotatable bonds is 5. The number of aliphatic hydroxyl groups is 1. The van der Waals surface area contributed by atoms with Crippen molar-refractivity contribution < 1.29 is 14.8 Å². The normalized spacial score (nSPS) is 16.7. The van der Waals surface area contributed by atoms with E-state index in [1.807, 2.05) is 0 Å². The van der Waals surface area contributed by atoms with Crippen molar-refractivity contribution in [1.82, 2.24) is 5.32 Å². The van der Waals surface area contributed by atoms with Gasteiger partial charge < -0.3 is 10.4 Å². The summed E-state index contributed by atoms with van der Waals surface area (Å²) in [5.74, 6) is -0.0473. The van der Waals surface area contributed by atoms with Gasteiger partial charge in [0.2, 0.25) is 0 Å². The Balaban J connectivity index is 1.94. The number of carbonyl (C=O) groups excluding carboxylic acids is 1. The minimum Gasteiger partial charge on any atom is -0.391 e. The molecule has 0 bridgehead atoms. The van der Waals surface area contributed by atoms with E-state index in [-0.39, 0.29) is 24.1 Å². The van der Waals surface area contributed by atoms with Gasteiger partial charge in [-0.25, -0.2) is 0 Å². The third-order valence-corrected chi connectivity index (χ3v) is 4.07. The molecule has 1 saturated carbocycles. The van der Waals surface area contributed by atoms with Crippen molar-refractivity contribution in [3.05, 3.63) is 39.4 Å². The van der Waals surface area contributed by atoms with Crippen LogP contribution < -0.4 is 5.32 Å². The average Bonchev–Trinajstić information content (AvgIpc) is 2.98. The zero-order chi connectivity index (χ0) is 15.4. The van der Waals surface area contributed by atoms with Crippen LogP contribution in [0.1, 0.15) is 41.6 Å². The molecule has 1 atom stereocenters. The molecule has 0 spiro atoms. The molecule has 1 aliphatic rings. The van der Waals surface area contributed by atoms with E-state index in [0.717, 1.165) is 25.7 Å². The number of nitro benzene ring substituents is 1. The van der Waals surface area contributed by atoms with Crippen molar-refractivity contribution >= 4 is 11.6 Å². The molecular formula is C15H20N2O4. The number of hydrogen-bond donors (Lipinski definition) is 2. The molecule has 0 aliphatic heterocycles. The van der Waals surface area contributed by atoms with Crippen LogP contribution in [-0.2, 0) is 0 Å². The summed E-state index contributed by atoms with van der Waals surface area (Å²) in [6.07, 6.45) is 3.77. The number of hydrogen-bond acceptors (Lipinski definition) is 4. The molecule has 1 fully saturated rings. The van der Waals surface area contributed by atoms with Gasteiger partial charge in [0, 0.05) is 23.7 Å². The Morgan fingerprint density at radius 2 is 2.14 bits per heavy atom. The van der Waals surface area contributed by atoms with Crippen molar-refractivity contribution in [3.63, 3.8) is 0 Å². The van der Waals surface area contributed by atoms with Gasteiger partial charge in [-0.15, -0.1) is 0 Å². The summed E-state index contributed by atoms with van der Waals surface area (Å²) in [7, 11) is 0. The fourth-order valence-corrected chi connectivity index (χ4v) is 2.81. The number of nitrogens with one attached hydrogen (secondary N) is 1. The van der Waals surface area contributed by atoms with E-state index in [9.17, 15) is 20.0 Å². The monoisotopic (exact) mass is 292 g/mol. The standard InChI is InChI=1S/C15H20N2O4/c1-10-8-12(6-7-13(10)17(20)21)15(19)16-9-14(18)11-4-2-3-5-11/h6-8,11,14,18H,2-5,9H2,1H3,(H,16,19). The molecule has 0 radical (unpaired) electrons. The lowest BCUT2D eigenvalue weighted by Crippen LogP contribution is -2.35. The first-order chi connectivity index (χ1) is 9.99. The Morgan fingerprint density at radius 1 is 1.48 bits per heavy atom. The minimum atomic E-state index is -0.518. The van der Waals surface area contributed by atoms with E-state index >= 15 is 0 Å². The molecule has 6 nitrogen and oxygen atoms in total. The highest BCUT2D eigenvalue weighted by Crippen LogP contribution is 2.27. The van der Waals surface area contributed by atoms with Crippen molar-refractivity contribution in [2.75, 3.05) is 6.54 Å². The third kappa shape index (κ3) is 3.78. The number of aliphatic hydroxyl groups excluding tert-OH is 1. The maximum Gasteiger partial charge on any atom is 0.272 e. The smallest absolute Gasteiger partial charge is 0.272 e. The topological polar surface area (TPSA) is 92.5 Å². The van der Waals surface area contributed by atoms with Gasteiger partial charge >= 0.3 is 0 Å². The van der Waals surface area contributed by atoms with Crippen LogP contribution in [0.2, 0.25) is 0 Å². The summed E-state index contributed by atoms with van der Waals surface area (Å²) in [6.45, 7) is 1.82. The predicted molar refractivity (Wildman–Crippen MR) is 78.1 cm³/mol. The SMILES string of the molecule is Cc1cc(C(=O)NCC(O)C2CCCC2)ccc1[N+](=O)[O-]. The van der Waals surface area contributed by atoms with Crippen LogP contribution in [0.5, 0.6) is 0 Å². The fourth-order valence-electron chi connectivity index (χ4n) is 2.81. The van der Waals surface area contributed by atoms with Crippen molar-refractivity contribution in [2.24, 2.45) is 5.92 Å². The molecule has 1 unspecified atom stereocenters. The van der Waals surface area contributed by atoms with E-state index in [0.29, 0.717) is 11.1 Å². The number of benzene rings is 1. The molecular weight excluding hydrogens is 272 g/mol. The van der Waals surface area contributed by atoms with Crippen LogP contribution in [0.15, 0.2) is 18.2 Å². The first-order valence-electron chi connectivity index (χ1n) is 7.20. The minimum absolute atomic E-state index is 0.00228. The quantitative estimate of drug-likeness (QED) is 0.642. The first-order valence-corrected chi connectivity index (χ1v) is 7.20. The van der Waals surface area contributed by atoms with Gasteiger partial charge in [-0.05, 0) is 37.8 Å². The molecule has 1 aliphatic carbocycles. The van der Waals surface area contributed by atoms with Crippen molar-refractivity contribution in [3.8, 4) is 0 Å². The second-order valence-electron chi connectivity index (χ2n) is 5.58. The number of aryl methyl sites for hydroxylation is 1. The third-order valence-electron chi connectivity index (χ3n) is 4.07. The number of amides is 1. The Labute approximate surface area is 123 Å². The van der Waals surface area contributed by atoms with Gasteiger partial charge in [-0.3, -0.25) is 14.9 Å². The summed E-state index contributed by atoms with van der Waals surface area (Å²) in [5, 5.41) is 23.4. The average molecular weight is 292 g/mol. The molecule has 21 heavy (non-hydrogen) atoms. The van der Waals surface area contributed by atoms with Crippen LogP contribution in [0, 0.1) is 23.0 Å². The Kier molecular flexibility index (Phi) is 4.90. The van der Waals surface area contributed by atoms with Gasteiger partial charge in [0.25, 0.3) is 11.6 Å². The van der Waals surface area contributed by atoms with Crippen LogP contribution in [-0.4, -0.2) is 28.6 Å². The van der Waals surface area contributed by atoms with Gasteiger partial charge in [0.15, 0.2) is 0 Å². The summed E-state index contributed by atoms with van der Waals surface area (Å²) in [5.41, 5.74) is 0.818. The summed E-state index contributed by atoms with van der Waals surface area (Å²) in [6, 6.07) is 4.26. The molecule has 1 aromatic carbocycles. The maximum absolute atomic E-state index is 12.0. The lowest BCUT2D eigenvalue weighted by atomic mass is 10.0. The first kappa shape index (κ1) is 15.4. The highest BCUT2D eigenvalue weighted by atomic mass is 16.6. The predicted octanol–water partition coefficient (Wildman–Crippen LogP) is 2.18. The summed E-state index contributed by atoms with van der Waals surface area (Å²) in [4.78, 5) is 22.3. The highest BCUT2D eigenvalue weighted by Gasteiger charge is 2.23. The molecule has 0 aromatic heterocycles. The Bertz CT molecular complexity index is 538. The summed E-state index contributed by atoms with van der Waals surface area (Å²) < 4.78 is 0. The Morgan fingerprint density at radius 3 is 2.71 bits per heavy atom. The Hall–Kier alpha value is -1.95. The molecule has 2 rings (SSSR count). The van der Waals surface area contributed by atoms with E-state index in [4.69, 9.17) is 0 Å². The zero-order valence-electron chi connectivity index (χ0n) is 12.0. The number of nitro groups is 1. The second kappa shape index (κ2) is 6.67. The molecule has 6 heteroatoms.